The van der Waals surface area contributed by atoms with E-state index in [9.17, 15) is 19.7 Å². The predicted molar refractivity (Wildman–Crippen MR) is 92.7 cm³/mol. The van der Waals surface area contributed by atoms with Crippen molar-refractivity contribution in [3.63, 3.8) is 0 Å². The average Bonchev–Trinajstić information content (AvgIpc) is 2.64. The standard InChI is InChI=1S/C18H18N2O6/c1-25-15-7-2-12(3-8-15)4-9-17(21)26-11-14-6-5-13(18(19)22)10-16(14)20(23)24/h2-3,5-8,10H,4,9,11H2,1H3,(H2,19,22). The molecule has 0 fully saturated rings. The molecule has 0 aliphatic carbocycles. The minimum atomic E-state index is -0.767. The lowest BCUT2D eigenvalue weighted by atomic mass is 10.1. The van der Waals surface area contributed by atoms with Gasteiger partial charge in [-0.25, -0.2) is 0 Å². The number of nitro groups is 1. The molecule has 2 N–H and O–H groups in total. The van der Waals surface area contributed by atoms with Gasteiger partial charge in [0.25, 0.3) is 5.69 Å². The topological polar surface area (TPSA) is 122 Å². The van der Waals surface area contributed by atoms with Gasteiger partial charge < -0.3 is 15.2 Å². The first kappa shape index (κ1) is 18.9. The summed E-state index contributed by atoms with van der Waals surface area (Å²) in [7, 11) is 1.57. The molecule has 2 rings (SSSR count). The Bertz CT molecular complexity index is 817. The van der Waals surface area contributed by atoms with Crippen LogP contribution in [0, 0.1) is 10.1 Å². The van der Waals surface area contributed by atoms with Gasteiger partial charge in [0.2, 0.25) is 5.91 Å². The molecule has 26 heavy (non-hydrogen) atoms. The van der Waals surface area contributed by atoms with Gasteiger partial charge in [-0.3, -0.25) is 19.7 Å². The number of aryl methyl sites for hydroxylation is 1. The summed E-state index contributed by atoms with van der Waals surface area (Å²) in [6.45, 7) is -0.253. The van der Waals surface area contributed by atoms with E-state index in [1.807, 2.05) is 12.1 Å². The Hall–Kier alpha value is -3.42. The van der Waals surface area contributed by atoms with E-state index in [4.69, 9.17) is 15.2 Å². The van der Waals surface area contributed by atoms with E-state index in [-0.39, 0.29) is 29.8 Å². The van der Waals surface area contributed by atoms with E-state index >= 15 is 0 Å². The number of primary amides is 1. The fourth-order valence-electron chi connectivity index (χ4n) is 2.28. The van der Waals surface area contributed by atoms with Crippen molar-refractivity contribution in [1.29, 1.82) is 0 Å². The van der Waals surface area contributed by atoms with E-state index < -0.39 is 16.8 Å². The highest BCUT2D eigenvalue weighted by molar-refractivity contribution is 5.93. The summed E-state index contributed by atoms with van der Waals surface area (Å²) in [6, 6.07) is 11.1. The zero-order chi connectivity index (χ0) is 19.1. The molecule has 2 aromatic rings. The number of nitrogens with zero attached hydrogens (tertiary/aromatic N) is 1. The van der Waals surface area contributed by atoms with Crippen LogP contribution in [0.4, 0.5) is 5.69 Å². The highest BCUT2D eigenvalue weighted by atomic mass is 16.6. The van der Waals surface area contributed by atoms with Gasteiger partial charge in [-0.05, 0) is 36.2 Å². The molecule has 0 aliphatic rings. The lowest BCUT2D eigenvalue weighted by molar-refractivity contribution is -0.385. The number of hydrogen-bond donors (Lipinski definition) is 1. The SMILES string of the molecule is COc1ccc(CCC(=O)OCc2ccc(C(N)=O)cc2[N+](=O)[O-])cc1. The number of rotatable bonds is 8. The van der Waals surface area contributed by atoms with Crippen molar-refractivity contribution in [1.82, 2.24) is 0 Å². The highest BCUT2D eigenvalue weighted by Gasteiger charge is 2.17. The molecule has 0 radical (unpaired) electrons. The largest absolute Gasteiger partial charge is 0.497 e. The van der Waals surface area contributed by atoms with Crippen LogP contribution in [-0.4, -0.2) is 23.9 Å². The van der Waals surface area contributed by atoms with Crippen LogP contribution in [0.15, 0.2) is 42.5 Å². The Balaban J connectivity index is 1.93. The number of esters is 1. The average molecular weight is 358 g/mol. The van der Waals surface area contributed by atoms with Crippen molar-refractivity contribution in [3.8, 4) is 5.75 Å². The van der Waals surface area contributed by atoms with Gasteiger partial charge in [-0.2, -0.15) is 0 Å². The van der Waals surface area contributed by atoms with Crippen LogP contribution in [0.3, 0.4) is 0 Å². The van der Waals surface area contributed by atoms with Crippen molar-refractivity contribution in [2.24, 2.45) is 5.73 Å². The molecule has 0 bridgehead atoms. The normalized spacial score (nSPS) is 10.2. The first-order valence-electron chi connectivity index (χ1n) is 7.76. The fourth-order valence-corrected chi connectivity index (χ4v) is 2.28. The molecule has 2 aromatic carbocycles. The molecular weight excluding hydrogens is 340 g/mol. The molecule has 0 aliphatic heterocycles. The van der Waals surface area contributed by atoms with Crippen LogP contribution in [0.25, 0.3) is 0 Å². The summed E-state index contributed by atoms with van der Waals surface area (Å²) in [5.41, 5.74) is 5.95. The second-order valence-electron chi connectivity index (χ2n) is 5.47. The summed E-state index contributed by atoms with van der Waals surface area (Å²) in [4.78, 5) is 33.5. The van der Waals surface area contributed by atoms with Gasteiger partial charge in [0.05, 0.1) is 17.6 Å². The minimum absolute atomic E-state index is 0.0197. The van der Waals surface area contributed by atoms with Crippen LogP contribution in [-0.2, 0) is 22.6 Å². The number of carbonyl (C=O) groups is 2. The first-order chi connectivity index (χ1) is 12.4. The summed E-state index contributed by atoms with van der Waals surface area (Å²) < 4.78 is 10.2. The van der Waals surface area contributed by atoms with Gasteiger partial charge in [-0.1, -0.05) is 12.1 Å². The Morgan fingerprint density at radius 3 is 2.42 bits per heavy atom. The van der Waals surface area contributed by atoms with E-state index in [1.54, 1.807) is 19.2 Å². The van der Waals surface area contributed by atoms with Gasteiger partial charge in [-0.15, -0.1) is 0 Å². The first-order valence-corrected chi connectivity index (χ1v) is 7.76. The van der Waals surface area contributed by atoms with E-state index in [2.05, 4.69) is 0 Å². The number of amides is 1. The van der Waals surface area contributed by atoms with Crippen molar-refractivity contribution in [2.75, 3.05) is 7.11 Å². The maximum Gasteiger partial charge on any atom is 0.306 e. The van der Waals surface area contributed by atoms with E-state index in [1.165, 1.54) is 12.1 Å². The fraction of sp³-hybridized carbons (Fsp3) is 0.222. The number of carbonyl (C=O) groups excluding carboxylic acids is 2. The molecule has 0 atom stereocenters. The van der Waals surface area contributed by atoms with Crippen LogP contribution in [0.2, 0.25) is 0 Å². The summed E-state index contributed by atoms with van der Waals surface area (Å²) in [5, 5.41) is 11.1. The van der Waals surface area contributed by atoms with Crippen molar-refractivity contribution in [2.45, 2.75) is 19.4 Å². The Labute approximate surface area is 149 Å². The summed E-state index contributed by atoms with van der Waals surface area (Å²) >= 11 is 0. The lowest BCUT2D eigenvalue weighted by Gasteiger charge is -2.07. The molecule has 1 amide bonds. The number of ether oxygens (including phenoxy) is 2. The number of hydrogen-bond acceptors (Lipinski definition) is 6. The molecule has 0 unspecified atom stereocenters. The Kier molecular flexibility index (Phi) is 6.26. The Morgan fingerprint density at radius 2 is 1.85 bits per heavy atom. The van der Waals surface area contributed by atoms with E-state index in [0.29, 0.717) is 6.42 Å². The molecule has 0 aromatic heterocycles. The summed E-state index contributed by atoms with van der Waals surface area (Å²) in [6.07, 6.45) is 0.616. The monoisotopic (exact) mass is 358 g/mol. The van der Waals surface area contributed by atoms with Gasteiger partial charge in [0.1, 0.15) is 12.4 Å². The molecule has 0 saturated carbocycles. The third-order valence-corrected chi connectivity index (χ3v) is 3.73. The molecule has 8 heteroatoms. The number of methoxy groups -OCH3 is 1. The third-order valence-electron chi connectivity index (χ3n) is 3.73. The van der Waals surface area contributed by atoms with Gasteiger partial charge >= 0.3 is 5.97 Å². The number of nitro benzene ring substituents is 1. The van der Waals surface area contributed by atoms with Crippen LogP contribution < -0.4 is 10.5 Å². The van der Waals surface area contributed by atoms with Gasteiger partial charge in [0.15, 0.2) is 0 Å². The highest BCUT2D eigenvalue weighted by Crippen LogP contribution is 2.21. The smallest absolute Gasteiger partial charge is 0.306 e. The van der Waals surface area contributed by atoms with Crippen LogP contribution in [0.5, 0.6) is 5.75 Å². The van der Waals surface area contributed by atoms with Gasteiger partial charge in [0, 0.05) is 18.1 Å². The third kappa shape index (κ3) is 5.04. The molecule has 0 saturated heterocycles. The second-order valence-corrected chi connectivity index (χ2v) is 5.47. The van der Waals surface area contributed by atoms with Crippen molar-refractivity contribution >= 4 is 17.6 Å². The number of benzene rings is 2. The molecule has 0 heterocycles. The van der Waals surface area contributed by atoms with Crippen molar-refractivity contribution < 1.29 is 24.0 Å². The quantitative estimate of drug-likeness (QED) is 0.439. The maximum atomic E-state index is 11.9. The molecular formula is C18H18N2O6. The zero-order valence-electron chi connectivity index (χ0n) is 14.1. The van der Waals surface area contributed by atoms with Crippen LogP contribution >= 0.6 is 0 Å². The molecule has 0 spiro atoms. The Morgan fingerprint density at radius 1 is 1.15 bits per heavy atom. The number of nitrogens with two attached hydrogens (primary N) is 1. The predicted octanol–water partition coefficient (Wildman–Crippen LogP) is 2.38. The summed E-state index contributed by atoms with van der Waals surface area (Å²) in [5.74, 6) is -0.520. The van der Waals surface area contributed by atoms with Crippen molar-refractivity contribution in [3.05, 3.63) is 69.3 Å². The second kappa shape index (κ2) is 8.61. The maximum absolute atomic E-state index is 11.9. The van der Waals surface area contributed by atoms with Crippen LogP contribution in [0.1, 0.15) is 27.9 Å². The zero-order valence-corrected chi connectivity index (χ0v) is 14.1. The van der Waals surface area contributed by atoms with E-state index in [0.717, 1.165) is 17.4 Å². The minimum Gasteiger partial charge on any atom is -0.497 e. The lowest BCUT2D eigenvalue weighted by Crippen LogP contribution is -2.12. The molecule has 136 valence electrons. The molecule has 8 nitrogen and oxygen atoms in total.